The Kier molecular flexibility index (Phi) is 11.1. The SMILES string of the molecule is c1ccc2c(c1)sc1cc(-c3ccc4c5ccccc5n(-c5ccc6cc(-c7nc(-n8c9ccccc9c9ccc(-c%10ccc%11c(c%10)sc%10ccccc%10%11)cc98)nc(-n8c9ccccc9c9ccc(-c%10ccc%11c(c%10)sc%10ccccc%10%11)cc98)n7)ccc6c5)c4c3)ccc12. The predicted octanol–water partition coefficient (Wildman–Crippen LogP) is 24.1. The first kappa shape index (κ1) is 52.1. The zero-order chi connectivity index (χ0) is 61.3. The van der Waals surface area contributed by atoms with Crippen LogP contribution in [0.3, 0.4) is 0 Å². The minimum Gasteiger partial charge on any atom is -0.309 e. The van der Waals surface area contributed by atoms with Crippen molar-refractivity contribution in [1.82, 2.24) is 28.7 Å². The van der Waals surface area contributed by atoms with E-state index in [0.717, 1.165) is 87.9 Å². The van der Waals surface area contributed by atoms with Crippen LogP contribution in [0.25, 0.3) is 199 Å². The molecule has 0 atom stereocenters. The van der Waals surface area contributed by atoms with Gasteiger partial charge in [0.05, 0.1) is 33.1 Å². The van der Waals surface area contributed by atoms with Gasteiger partial charge in [0.1, 0.15) is 0 Å². The highest BCUT2D eigenvalue weighted by Gasteiger charge is 2.23. The van der Waals surface area contributed by atoms with Gasteiger partial charge in [0.25, 0.3) is 0 Å². The fourth-order valence-electron chi connectivity index (χ4n) is 15.1. The predicted molar refractivity (Wildman–Crippen MR) is 401 cm³/mol. The molecule has 6 nitrogen and oxygen atoms in total. The van der Waals surface area contributed by atoms with Crippen molar-refractivity contribution in [2.24, 2.45) is 0 Å². The van der Waals surface area contributed by atoms with E-state index in [9.17, 15) is 0 Å². The summed E-state index contributed by atoms with van der Waals surface area (Å²) in [6.45, 7) is 0. The fraction of sp³-hybridized carbons (Fsp3) is 0. The van der Waals surface area contributed by atoms with Crippen LogP contribution in [0.1, 0.15) is 0 Å². The molecule has 0 bridgehead atoms. The molecule has 0 saturated heterocycles. The molecule has 0 aliphatic rings. The van der Waals surface area contributed by atoms with Crippen molar-refractivity contribution in [3.05, 3.63) is 291 Å². The zero-order valence-electron chi connectivity index (χ0n) is 50.1. The van der Waals surface area contributed by atoms with Crippen molar-refractivity contribution in [3.63, 3.8) is 0 Å². The molecule has 7 aromatic heterocycles. The van der Waals surface area contributed by atoms with Crippen LogP contribution in [0.5, 0.6) is 0 Å². The molecular weight excluding hydrogens is 1200 g/mol. The lowest BCUT2D eigenvalue weighted by molar-refractivity contribution is 0.893. The molecule has 21 aromatic rings. The molecular formula is C85H48N6S3. The molecule has 0 aliphatic heterocycles. The number of thiophene rings is 3. The molecule has 9 heteroatoms. The van der Waals surface area contributed by atoms with E-state index in [1.807, 2.05) is 34.0 Å². The third-order valence-corrected chi connectivity index (χ3v) is 22.9. The Hall–Kier alpha value is -11.6. The van der Waals surface area contributed by atoms with Crippen LogP contribution in [-0.2, 0) is 0 Å². The van der Waals surface area contributed by atoms with E-state index in [1.165, 1.54) is 93.4 Å². The topological polar surface area (TPSA) is 53.5 Å². The molecule has 7 heterocycles. The number of fused-ring (bicyclic) bond motifs is 19. The highest BCUT2D eigenvalue weighted by molar-refractivity contribution is 7.26. The first-order chi connectivity index (χ1) is 46.5. The Labute approximate surface area is 549 Å². The summed E-state index contributed by atoms with van der Waals surface area (Å²) < 4.78 is 14.7. The van der Waals surface area contributed by atoms with Gasteiger partial charge in [-0.1, -0.05) is 200 Å². The van der Waals surface area contributed by atoms with Gasteiger partial charge in [-0.2, -0.15) is 15.0 Å². The molecule has 0 amide bonds. The van der Waals surface area contributed by atoms with Gasteiger partial charge in [-0.3, -0.25) is 9.13 Å². The third-order valence-electron chi connectivity index (χ3n) is 19.5. The first-order valence-corrected chi connectivity index (χ1v) is 34.1. The van der Waals surface area contributed by atoms with E-state index in [0.29, 0.717) is 17.7 Å². The van der Waals surface area contributed by atoms with Gasteiger partial charge in [0.2, 0.25) is 11.9 Å². The van der Waals surface area contributed by atoms with Gasteiger partial charge < -0.3 is 4.57 Å². The molecule has 0 fully saturated rings. The van der Waals surface area contributed by atoms with E-state index < -0.39 is 0 Å². The zero-order valence-corrected chi connectivity index (χ0v) is 52.6. The maximum Gasteiger partial charge on any atom is 0.240 e. The maximum atomic E-state index is 5.68. The van der Waals surface area contributed by atoms with Gasteiger partial charge in [0.15, 0.2) is 5.82 Å². The molecule has 21 rings (SSSR count). The van der Waals surface area contributed by atoms with Crippen LogP contribution in [0.2, 0.25) is 0 Å². The third kappa shape index (κ3) is 7.83. The number of rotatable bonds is 7. The summed E-state index contributed by atoms with van der Waals surface area (Å²) in [6, 6.07) is 107. The van der Waals surface area contributed by atoms with E-state index in [2.05, 4.69) is 305 Å². The summed E-state index contributed by atoms with van der Waals surface area (Å²) >= 11 is 5.55. The van der Waals surface area contributed by atoms with Crippen molar-refractivity contribution in [1.29, 1.82) is 0 Å². The average Bonchev–Trinajstić information content (AvgIpc) is 1.58. The molecule has 0 unspecified atom stereocenters. The number of aromatic nitrogens is 6. The van der Waals surface area contributed by atoms with Crippen molar-refractivity contribution in [2.45, 2.75) is 0 Å². The van der Waals surface area contributed by atoms with Crippen molar-refractivity contribution >= 4 is 171 Å². The molecule has 94 heavy (non-hydrogen) atoms. The average molecular weight is 1250 g/mol. The molecule has 436 valence electrons. The lowest BCUT2D eigenvalue weighted by Crippen LogP contribution is -2.10. The fourth-order valence-corrected chi connectivity index (χ4v) is 18.5. The minimum atomic E-state index is 0.533. The Bertz CT molecular complexity index is 6580. The van der Waals surface area contributed by atoms with Crippen molar-refractivity contribution in [2.75, 3.05) is 0 Å². The van der Waals surface area contributed by atoms with E-state index >= 15 is 0 Å². The Morgan fingerprint density at radius 3 is 0.947 bits per heavy atom. The van der Waals surface area contributed by atoms with Gasteiger partial charge in [0, 0.05) is 104 Å². The number of benzene rings is 14. The largest absolute Gasteiger partial charge is 0.309 e. The standard InChI is InChI=1S/C85H48N6S3/c1-7-19-71-59(13-1)62-35-28-51(54-31-38-68-65-16-4-10-22-77(65)92-80(68)46-54)43-74(62)89(71)58-34-27-49-41-57(26-25-50(49)42-58)83-86-84(90-72-20-8-2-14-60(72)63-36-29-52(44-75(63)90)55-32-39-69-66-17-5-11-23-78(66)93-81(69)47-55)88-85(87-83)91-73-21-9-3-15-61(73)64-37-30-53(45-76(64)91)56-33-40-70-67-18-6-12-24-79(67)94-82(70)48-56/h1-48H. The second-order valence-electron chi connectivity index (χ2n) is 24.7. The smallest absolute Gasteiger partial charge is 0.240 e. The number of nitrogens with zero attached hydrogens (tertiary/aromatic N) is 6. The van der Waals surface area contributed by atoms with Crippen LogP contribution < -0.4 is 0 Å². The van der Waals surface area contributed by atoms with E-state index in [1.54, 1.807) is 0 Å². The van der Waals surface area contributed by atoms with Gasteiger partial charge in [-0.05, 0) is 135 Å². The highest BCUT2D eigenvalue weighted by atomic mass is 32.1. The summed E-state index contributed by atoms with van der Waals surface area (Å²) in [5.41, 5.74) is 15.3. The molecule has 14 aromatic carbocycles. The molecule has 0 aliphatic carbocycles. The Morgan fingerprint density at radius 1 is 0.202 bits per heavy atom. The number of hydrogen-bond acceptors (Lipinski definition) is 6. The van der Waals surface area contributed by atoms with E-state index in [-0.39, 0.29) is 0 Å². The Morgan fingerprint density at radius 2 is 0.511 bits per heavy atom. The first-order valence-electron chi connectivity index (χ1n) is 31.7. The van der Waals surface area contributed by atoms with E-state index in [4.69, 9.17) is 15.0 Å². The quantitative estimate of drug-likeness (QED) is 0.160. The molecule has 0 saturated carbocycles. The summed E-state index contributed by atoms with van der Waals surface area (Å²) in [7, 11) is 0. The lowest BCUT2D eigenvalue weighted by atomic mass is 10.0. The van der Waals surface area contributed by atoms with Crippen LogP contribution >= 0.6 is 34.0 Å². The summed E-state index contributed by atoms with van der Waals surface area (Å²) in [5.74, 6) is 1.64. The second-order valence-corrected chi connectivity index (χ2v) is 27.9. The van der Waals surface area contributed by atoms with Crippen LogP contribution in [0, 0.1) is 0 Å². The highest BCUT2D eigenvalue weighted by Crippen LogP contribution is 2.44. The minimum absolute atomic E-state index is 0.533. The van der Waals surface area contributed by atoms with Gasteiger partial charge >= 0.3 is 0 Å². The van der Waals surface area contributed by atoms with Crippen molar-refractivity contribution < 1.29 is 0 Å². The summed E-state index contributed by atoms with van der Waals surface area (Å²) in [6.07, 6.45) is 0. The number of hydrogen-bond donors (Lipinski definition) is 0. The molecule has 0 radical (unpaired) electrons. The summed E-state index contributed by atoms with van der Waals surface area (Å²) in [5, 5.41) is 16.9. The monoisotopic (exact) mass is 1250 g/mol. The normalized spacial score (nSPS) is 12.3. The lowest BCUT2D eigenvalue weighted by Gasteiger charge is -2.14. The van der Waals surface area contributed by atoms with Crippen LogP contribution in [0.15, 0.2) is 291 Å². The Balaban J connectivity index is 0.748. The summed E-state index contributed by atoms with van der Waals surface area (Å²) in [4.78, 5) is 16.9. The molecule has 0 spiro atoms. The maximum absolute atomic E-state index is 5.68. The van der Waals surface area contributed by atoms with Crippen molar-refractivity contribution in [3.8, 4) is 62.4 Å². The number of para-hydroxylation sites is 3. The van der Waals surface area contributed by atoms with Crippen LogP contribution in [-0.4, -0.2) is 28.7 Å². The van der Waals surface area contributed by atoms with Gasteiger partial charge in [-0.15, -0.1) is 34.0 Å². The molecule has 0 N–H and O–H groups in total. The van der Waals surface area contributed by atoms with Gasteiger partial charge in [-0.25, -0.2) is 0 Å². The van der Waals surface area contributed by atoms with Crippen LogP contribution in [0.4, 0.5) is 0 Å². The second kappa shape index (κ2) is 20.0.